The predicted octanol–water partition coefficient (Wildman–Crippen LogP) is 3.76. The molecular weight excluding hydrogens is 334 g/mol. The van der Waals surface area contributed by atoms with E-state index in [0.717, 1.165) is 23.0 Å². The van der Waals surface area contributed by atoms with E-state index in [2.05, 4.69) is 18.8 Å². The Labute approximate surface area is 148 Å². The van der Waals surface area contributed by atoms with E-state index in [-0.39, 0.29) is 0 Å². The molecule has 2 aromatic carbocycles. The van der Waals surface area contributed by atoms with Crippen molar-refractivity contribution in [2.45, 2.75) is 37.6 Å². The van der Waals surface area contributed by atoms with Crippen LogP contribution in [0.15, 0.2) is 53.4 Å². The van der Waals surface area contributed by atoms with Crippen molar-refractivity contribution in [3.05, 3.63) is 54.1 Å². The predicted molar refractivity (Wildman–Crippen MR) is 99.4 cm³/mol. The Bertz CT molecular complexity index is 1020. The van der Waals surface area contributed by atoms with Gasteiger partial charge in [0.15, 0.2) is 0 Å². The summed E-state index contributed by atoms with van der Waals surface area (Å²) in [6.07, 6.45) is 1.03. The van der Waals surface area contributed by atoms with E-state index >= 15 is 0 Å². The van der Waals surface area contributed by atoms with Gasteiger partial charge < -0.3 is 4.57 Å². The lowest BCUT2D eigenvalue weighted by molar-refractivity contribution is 0.591. The van der Waals surface area contributed by atoms with Crippen molar-refractivity contribution in [1.82, 2.24) is 9.55 Å². The zero-order valence-electron chi connectivity index (χ0n) is 14.4. The molecular formula is C19H21N3O2S. The second kappa shape index (κ2) is 5.88. The van der Waals surface area contributed by atoms with Crippen LogP contribution in [0.1, 0.15) is 31.7 Å². The Hall–Kier alpha value is -2.34. The lowest BCUT2D eigenvalue weighted by Crippen LogP contribution is -2.29. The van der Waals surface area contributed by atoms with Crippen LogP contribution in [0.2, 0.25) is 0 Å². The summed E-state index contributed by atoms with van der Waals surface area (Å²) < 4.78 is 29.6. The summed E-state index contributed by atoms with van der Waals surface area (Å²) in [6, 6.07) is 15.0. The van der Waals surface area contributed by atoms with E-state index in [4.69, 9.17) is 0 Å². The first kappa shape index (κ1) is 16.1. The van der Waals surface area contributed by atoms with E-state index in [9.17, 15) is 8.42 Å². The van der Waals surface area contributed by atoms with Crippen LogP contribution in [0, 0.1) is 0 Å². The zero-order chi connectivity index (χ0) is 17.6. The Morgan fingerprint density at radius 1 is 1.08 bits per heavy atom. The summed E-state index contributed by atoms with van der Waals surface area (Å²) in [4.78, 5) is 4.85. The van der Waals surface area contributed by atoms with E-state index in [1.807, 2.05) is 41.0 Å². The zero-order valence-corrected chi connectivity index (χ0v) is 15.2. The maximum absolute atomic E-state index is 13.1. The van der Waals surface area contributed by atoms with Gasteiger partial charge in [-0.1, -0.05) is 38.1 Å². The highest BCUT2D eigenvalue weighted by atomic mass is 32.2. The average Bonchev–Trinajstić information content (AvgIpc) is 3.20. The largest absolute Gasteiger partial charge is 0.307 e. The van der Waals surface area contributed by atoms with E-state index in [1.54, 1.807) is 12.1 Å². The summed E-state index contributed by atoms with van der Waals surface area (Å²) in [5.41, 5.74) is 2.96. The standard InChI is InChI=1S/C19H21N3O2S/c1-3-14(2)15-8-10-16(11-9-15)25(23,24)22-13-12-21-18-7-5-4-6-17(18)20-19(21)22/h4-11,14H,3,12-13H2,1-2H3. The van der Waals surface area contributed by atoms with Crippen molar-refractivity contribution in [2.75, 3.05) is 10.8 Å². The highest BCUT2D eigenvalue weighted by Gasteiger charge is 2.33. The minimum Gasteiger partial charge on any atom is -0.307 e. The molecule has 5 nitrogen and oxygen atoms in total. The molecule has 0 radical (unpaired) electrons. The van der Waals surface area contributed by atoms with Crippen LogP contribution in [-0.2, 0) is 16.6 Å². The van der Waals surface area contributed by atoms with Crippen molar-refractivity contribution >= 4 is 27.0 Å². The fourth-order valence-corrected chi connectivity index (χ4v) is 4.73. The molecule has 1 aliphatic heterocycles. The van der Waals surface area contributed by atoms with Crippen molar-refractivity contribution in [3.63, 3.8) is 0 Å². The summed E-state index contributed by atoms with van der Waals surface area (Å²) in [5.74, 6) is 0.931. The molecule has 1 atom stereocenters. The molecule has 0 N–H and O–H groups in total. The van der Waals surface area contributed by atoms with Crippen LogP contribution in [0.3, 0.4) is 0 Å². The Morgan fingerprint density at radius 3 is 2.52 bits per heavy atom. The SMILES string of the molecule is CCC(C)c1ccc(S(=O)(=O)N2CCn3c2nc2ccccc23)cc1. The average molecular weight is 355 g/mol. The molecule has 3 aromatic rings. The van der Waals surface area contributed by atoms with Gasteiger partial charge in [0.05, 0.1) is 22.5 Å². The minimum atomic E-state index is -3.60. The van der Waals surface area contributed by atoms with Crippen LogP contribution in [-0.4, -0.2) is 24.5 Å². The van der Waals surface area contributed by atoms with Gasteiger partial charge in [-0.3, -0.25) is 0 Å². The second-order valence-electron chi connectivity index (χ2n) is 6.51. The Morgan fingerprint density at radius 2 is 1.80 bits per heavy atom. The van der Waals surface area contributed by atoms with Crippen LogP contribution in [0.4, 0.5) is 5.95 Å². The number of rotatable bonds is 4. The fourth-order valence-electron chi connectivity index (χ4n) is 3.32. The molecule has 1 unspecified atom stereocenters. The molecule has 0 spiro atoms. The molecule has 25 heavy (non-hydrogen) atoms. The van der Waals surface area contributed by atoms with Crippen molar-refractivity contribution in [1.29, 1.82) is 0 Å². The first-order chi connectivity index (χ1) is 12.0. The van der Waals surface area contributed by atoms with Crippen molar-refractivity contribution < 1.29 is 8.42 Å². The first-order valence-electron chi connectivity index (χ1n) is 8.60. The molecule has 0 fully saturated rings. The van der Waals surface area contributed by atoms with Gasteiger partial charge in [0.25, 0.3) is 10.0 Å². The number of sulfonamides is 1. The number of hydrogen-bond acceptors (Lipinski definition) is 3. The lowest BCUT2D eigenvalue weighted by atomic mass is 9.99. The van der Waals surface area contributed by atoms with Crippen LogP contribution in [0.25, 0.3) is 11.0 Å². The minimum absolute atomic E-state index is 0.319. The molecule has 1 aromatic heterocycles. The number of imidazole rings is 1. The number of para-hydroxylation sites is 2. The molecule has 0 saturated heterocycles. The van der Waals surface area contributed by atoms with Gasteiger partial charge in [0, 0.05) is 6.54 Å². The van der Waals surface area contributed by atoms with Crippen LogP contribution < -0.4 is 4.31 Å². The van der Waals surface area contributed by atoms with Crippen LogP contribution >= 0.6 is 0 Å². The molecule has 130 valence electrons. The quantitative estimate of drug-likeness (QED) is 0.716. The summed E-state index contributed by atoms with van der Waals surface area (Å²) >= 11 is 0. The van der Waals surface area contributed by atoms with E-state index < -0.39 is 10.0 Å². The topological polar surface area (TPSA) is 55.2 Å². The smallest absolute Gasteiger partial charge is 0.266 e. The van der Waals surface area contributed by atoms with Gasteiger partial charge in [-0.15, -0.1) is 0 Å². The molecule has 6 heteroatoms. The monoisotopic (exact) mass is 355 g/mol. The van der Waals surface area contributed by atoms with Gasteiger partial charge in [-0.2, -0.15) is 0 Å². The molecule has 0 aliphatic carbocycles. The number of hydrogen-bond donors (Lipinski definition) is 0. The van der Waals surface area contributed by atoms with Gasteiger partial charge in [0.1, 0.15) is 0 Å². The second-order valence-corrected chi connectivity index (χ2v) is 8.37. The first-order valence-corrected chi connectivity index (χ1v) is 10.0. The summed E-state index contributed by atoms with van der Waals surface area (Å²) in [6.45, 7) is 5.32. The molecule has 4 rings (SSSR count). The third-order valence-electron chi connectivity index (χ3n) is 5.03. The van der Waals surface area contributed by atoms with Crippen LogP contribution in [0.5, 0.6) is 0 Å². The molecule has 0 bridgehead atoms. The van der Waals surface area contributed by atoms with Gasteiger partial charge in [-0.25, -0.2) is 17.7 Å². The Kier molecular flexibility index (Phi) is 3.80. The summed E-state index contributed by atoms with van der Waals surface area (Å²) in [7, 11) is -3.60. The number of anilines is 1. The highest BCUT2D eigenvalue weighted by Crippen LogP contribution is 2.32. The fraction of sp³-hybridized carbons (Fsp3) is 0.316. The van der Waals surface area contributed by atoms with Crippen molar-refractivity contribution in [3.8, 4) is 0 Å². The lowest BCUT2D eigenvalue weighted by Gasteiger charge is -2.17. The van der Waals surface area contributed by atoms with Crippen molar-refractivity contribution in [2.24, 2.45) is 0 Å². The molecule has 0 saturated carbocycles. The number of aromatic nitrogens is 2. The third kappa shape index (κ3) is 2.52. The summed E-state index contributed by atoms with van der Waals surface area (Å²) in [5, 5.41) is 0. The van der Waals surface area contributed by atoms with Gasteiger partial charge >= 0.3 is 0 Å². The maximum atomic E-state index is 13.1. The maximum Gasteiger partial charge on any atom is 0.266 e. The normalized spacial score (nSPS) is 15.5. The number of benzene rings is 2. The van der Waals surface area contributed by atoms with E-state index in [0.29, 0.717) is 29.9 Å². The molecule has 2 heterocycles. The van der Waals surface area contributed by atoms with Gasteiger partial charge in [-0.05, 0) is 42.2 Å². The highest BCUT2D eigenvalue weighted by molar-refractivity contribution is 7.92. The molecule has 1 aliphatic rings. The third-order valence-corrected chi connectivity index (χ3v) is 6.83. The number of nitrogens with zero attached hydrogens (tertiary/aromatic N) is 3. The van der Waals surface area contributed by atoms with E-state index in [1.165, 1.54) is 4.31 Å². The Balaban J connectivity index is 1.73. The number of fused-ring (bicyclic) bond motifs is 3. The molecule has 0 amide bonds. The van der Waals surface area contributed by atoms with Gasteiger partial charge in [0.2, 0.25) is 5.95 Å².